The van der Waals surface area contributed by atoms with Crippen molar-refractivity contribution in [3.05, 3.63) is 11.6 Å². The fraction of sp³-hybridized carbons (Fsp3) is 0.833. The van der Waals surface area contributed by atoms with E-state index in [9.17, 15) is 0 Å². The summed E-state index contributed by atoms with van der Waals surface area (Å²) in [5, 5.41) is 15.4. The maximum absolute atomic E-state index is 5.79. The van der Waals surface area contributed by atoms with Crippen LogP contribution >= 0.6 is 0 Å². The minimum absolute atomic E-state index is 0.280. The summed E-state index contributed by atoms with van der Waals surface area (Å²) in [6.45, 7) is 9.70. The van der Waals surface area contributed by atoms with Crippen molar-refractivity contribution >= 4 is 5.96 Å². The van der Waals surface area contributed by atoms with E-state index in [4.69, 9.17) is 4.74 Å². The predicted molar refractivity (Wildman–Crippen MR) is 101 cm³/mol. The van der Waals surface area contributed by atoms with Crippen LogP contribution in [0.4, 0.5) is 0 Å². The molecule has 1 unspecified atom stereocenters. The minimum atomic E-state index is 0.280. The molecule has 142 valence electrons. The zero-order chi connectivity index (χ0) is 18.1. The minimum Gasteiger partial charge on any atom is -0.378 e. The van der Waals surface area contributed by atoms with Crippen LogP contribution in [-0.2, 0) is 24.2 Å². The average molecular weight is 351 g/mol. The number of aliphatic imine (C=N–C) groups is 1. The highest BCUT2D eigenvalue weighted by molar-refractivity contribution is 5.79. The molecule has 2 rings (SSSR count). The van der Waals surface area contributed by atoms with Gasteiger partial charge in [0, 0.05) is 33.2 Å². The highest BCUT2D eigenvalue weighted by atomic mass is 16.5. The molecule has 1 aliphatic rings. The van der Waals surface area contributed by atoms with Crippen LogP contribution in [0.1, 0.15) is 58.1 Å². The normalized spacial score (nSPS) is 16.4. The van der Waals surface area contributed by atoms with Crippen molar-refractivity contribution in [2.24, 2.45) is 10.9 Å². The SMILES string of the molecule is CCOC(CCNC(=NC)NCc1nnc2n1CCCCC2)C(C)C. The van der Waals surface area contributed by atoms with Crippen LogP contribution in [0, 0.1) is 5.92 Å². The highest BCUT2D eigenvalue weighted by Gasteiger charge is 2.15. The van der Waals surface area contributed by atoms with Crippen molar-refractivity contribution in [3.63, 3.8) is 0 Å². The third-order valence-corrected chi connectivity index (χ3v) is 4.67. The quantitative estimate of drug-likeness (QED) is 0.555. The summed E-state index contributed by atoms with van der Waals surface area (Å²) < 4.78 is 8.05. The smallest absolute Gasteiger partial charge is 0.191 e. The Morgan fingerprint density at radius 1 is 1.24 bits per heavy atom. The Balaban J connectivity index is 1.80. The van der Waals surface area contributed by atoms with Gasteiger partial charge < -0.3 is 19.9 Å². The first kappa shape index (κ1) is 19.7. The lowest BCUT2D eigenvalue weighted by Crippen LogP contribution is -2.39. The second-order valence-corrected chi connectivity index (χ2v) is 6.87. The Kier molecular flexibility index (Phi) is 8.18. The third kappa shape index (κ3) is 5.99. The van der Waals surface area contributed by atoms with Crippen LogP contribution in [0.25, 0.3) is 0 Å². The van der Waals surface area contributed by atoms with Crippen LogP contribution in [0.3, 0.4) is 0 Å². The number of fused-ring (bicyclic) bond motifs is 1. The first-order valence-corrected chi connectivity index (χ1v) is 9.62. The lowest BCUT2D eigenvalue weighted by atomic mass is 10.0. The summed E-state index contributed by atoms with van der Waals surface area (Å²) in [6, 6.07) is 0. The topological polar surface area (TPSA) is 76.4 Å². The number of hydrogen-bond donors (Lipinski definition) is 2. The first-order chi connectivity index (χ1) is 12.2. The zero-order valence-electron chi connectivity index (χ0n) is 16.2. The highest BCUT2D eigenvalue weighted by Crippen LogP contribution is 2.14. The van der Waals surface area contributed by atoms with Gasteiger partial charge in [0.1, 0.15) is 5.82 Å². The number of aryl methyl sites for hydroxylation is 1. The second-order valence-electron chi connectivity index (χ2n) is 6.87. The lowest BCUT2D eigenvalue weighted by Gasteiger charge is -2.21. The summed E-state index contributed by atoms with van der Waals surface area (Å²) in [5.74, 6) is 3.43. The number of ether oxygens (including phenoxy) is 1. The Morgan fingerprint density at radius 3 is 2.80 bits per heavy atom. The van der Waals surface area contributed by atoms with E-state index in [-0.39, 0.29) is 6.10 Å². The predicted octanol–water partition coefficient (Wildman–Crippen LogP) is 2.12. The van der Waals surface area contributed by atoms with Gasteiger partial charge in [0.15, 0.2) is 11.8 Å². The Labute approximate surface area is 151 Å². The van der Waals surface area contributed by atoms with Gasteiger partial charge in [0.25, 0.3) is 0 Å². The van der Waals surface area contributed by atoms with Crippen molar-refractivity contribution in [3.8, 4) is 0 Å². The fourth-order valence-corrected chi connectivity index (χ4v) is 3.22. The number of rotatable bonds is 8. The van der Waals surface area contributed by atoms with E-state index < -0.39 is 0 Å². The maximum Gasteiger partial charge on any atom is 0.191 e. The number of nitrogens with one attached hydrogen (secondary N) is 2. The van der Waals surface area contributed by atoms with Crippen molar-refractivity contribution in [2.75, 3.05) is 20.2 Å². The van der Waals surface area contributed by atoms with Crippen molar-refractivity contribution in [2.45, 2.75) is 72.1 Å². The largest absolute Gasteiger partial charge is 0.378 e. The van der Waals surface area contributed by atoms with Gasteiger partial charge >= 0.3 is 0 Å². The molecule has 0 saturated carbocycles. The molecular weight excluding hydrogens is 316 g/mol. The molecule has 0 saturated heterocycles. The second kappa shape index (κ2) is 10.4. The van der Waals surface area contributed by atoms with Gasteiger partial charge in [-0.05, 0) is 32.1 Å². The Hall–Kier alpha value is -1.63. The monoisotopic (exact) mass is 350 g/mol. The van der Waals surface area contributed by atoms with Gasteiger partial charge in [0.2, 0.25) is 0 Å². The van der Waals surface area contributed by atoms with E-state index in [0.29, 0.717) is 12.5 Å². The molecule has 0 aromatic carbocycles. The third-order valence-electron chi connectivity index (χ3n) is 4.67. The zero-order valence-corrected chi connectivity index (χ0v) is 16.2. The molecule has 2 heterocycles. The van der Waals surface area contributed by atoms with Crippen molar-refractivity contribution in [1.29, 1.82) is 0 Å². The molecule has 1 aliphatic heterocycles. The fourth-order valence-electron chi connectivity index (χ4n) is 3.22. The van der Waals surface area contributed by atoms with Gasteiger partial charge in [-0.2, -0.15) is 0 Å². The van der Waals surface area contributed by atoms with E-state index >= 15 is 0 Å². The average Bonchev–Trinajstić information content (AvgIpc) is 2.83. The van der Waals surface area contributed by atoms with E-state index in [0.717, 1.165) is 50.1 Å². The van der Waals surface area contributed by atoms with Gasteiger partial charge in [0.05, 0.1) is 12.6 Å². The molecule has 1 aromatic heterocycles. The van der Waals surface area contributed by atoms with Crippen LogP contribution in [0.5, 0.6) is 0 Å². The molecule has 0 bridgehead atoms. The maximum atomic E-state index is 5.79. The van der Waals surface area contributed by atoms with Gasteiger partial charge in [-0.3, -0.25) is 4.99 Å². The molecule has 7 nitrogen and oxygen atoms in total. The van der Waals surface area contributed by atoms with E-state index in [1.807, 2.05) is 6.92 Å². The van der Waals surface area contributed by atoms with Crippen LogP contribution < -0.4 is 10.6 Å². The summed E-state index contributed by atoms with van der Waals surface area (Å²) in [4.78, 5) is 4.30. The van der Waals surface area contributed by atoms with Crippen LogP contribution in [-0.4, -0.2) is 47.0 Å². The number of guanidine groups is 1. The molecular formula is C18H34N6O. The number of hydrogen-bond acceptors (Lipinski definition) is 4. The summed E-state index contributed by atoms with van der Waals surface area (Å²) in [7, 11) is 1.79. The molecule has 0 radical (unpaired) electrons. The molecule has 0 aliphatic carbocycles. The summed E-state index contributed by atoms with van der Waals surface area (Å²) >= 11 is 0. The summed E-state index contributed by atoms with van der Waals surface area (Å²) in [5.41, 5.74) is 0. The van der Waals surface area contributed by atoms with Crippen LogP contribution in [0.15, 0.2) is 4.99 Å². The molecule has 0 spiro atoms. The van der Waals surface area contributed by atoms with Crippen molar-refractivity contribution < 1.29 is 4.74 Å². The van der Waals surface area contributed by atoms with Gasteiger partial charge in [-0.1, -0.05) is 20.3 Å². The molecule has 0 amide bonds. The number of nitrogens with zero attached hydrogens (tertiary/aromatic N) is 4. The van der Waals surface area contributed by atoms with E-state index in [2.05, 4.69) is 44.2 Å². The Morgan fingerprint density at radius 2 is 2.08 bits per heavy atom. The van der Waals surface area contributed by atoms with Gasteiger partial charge in [-0.15, -0.1) is 10.2 Å². The molecule has 7 heteroatoms. The molecule has 1 atom stereocenters. The molecule has 2 N–H and O–H groups in total. The summed E-state index contributed by atoms with van der Waals surface area (Å²) in [6.07, 6.45) is 5.98. The molecule has 0 fully saturated rings. The van der Waals surface area contributed by atoms with Gasteiger partial charge in [-0.25, -0.2) is 0 Å². The lowest BCUT2D eigenvalue weighted by molar-refractivity contribution is 0.0258. The molecule has 25 heavy (non-hydrogen) atoms. The van der Waals surface area contributed by atoms with Crippen molar-refractivity contribution in [1.82, 2.24) is 25.4 Å². The standard InChI is InChI=1S/C18H34N6O/c1-5-25-15(14(2)3)10-11-20-18(19-4)21-13-17-23-22-16-9-7-6-8-12-24(16)17/h14-15H,5-13H2,1-4H3,(H2,19,20,21). The van der Waals surface area contributed by atoms with Crippen LogP contribution in [0.2, 0.25) is 0 Å². The molecule has 1 aromatic rings. The first-order valence-electron chi connectivity index (χ1n) is 9.62. The van der Waals surface area contributed by atoms with E-state index in [1.54, 1.807) is 7.05 Å². The Bertz CT molecular complexity index is 540. The number of aromatic nitrogens is 3. The van der Waals surface area contributed by atoms with E-state index in [1.165, 1.54) is 19.3 Å².